The van der Waals surface area contributed by atoms with Gasteiger partial charge >= 0.3 is 0 Å². The van der Waals surface area contributed by atoms with Gasteiger partial charge in [-0.15, -0.1) is 0 Å². The van der Waals surface area contributed by atoms with E-state index in [1.807, 2.05) is 18.2 Å². The van der Waals surface area contributed by atoms with E-state index in [0.717, 1.165) is 11.4 Å². The lowest BCUT2D eigenvalue weighted by Crippen LogP contribution is -2.29. The number of rotatable bonds is 3. The zero-order chi connectivity index (χ0) is 10.2. The number of nitrogens with two attached hydrogens (primary N) is 1. The molecule has 2 N–H and O–H groups in total. The van der Waals surface area contributed by atoms with Gasteiger partial charge in [0.05, 0.1) is 0 Å². The maximum absolute atomic E-state index is 5.99. The highest BCUT2D eigenvalue weighted by Gasteiger charge is 2.45. The molecule has 1 aromatic carbocycles. The molecule has 0 saturated heterocycles. The SMILES string of the molecule is CC(N)C1(Cc2cccc(Cl)c2)CC1. The van der Waals surface area contributed by atoms with Crippen LogP contribution in [0.3, 0.4) is 0 Å². The highest BCUT2D eigenvalue weighted by Crippen LogP contribution is 2.50. The van der Waals surface area contributed by atoms with Crippen LogP contribution in [0.2, 0.25) is 5.02 Å². The first-order chi connectivity index (χ1) is 6.62. The predicted octanol–water partition coefficient (Wildman–Crippen LogP) is 3.01. The molecular weight excluding hydrogens is 194 g/mol. The van der Waals surface area contributed by atoms with Crippen molar-refractivity contribution in [2.45, 2.75) is 32.2 Å². The average molecular weight is 210 g/mol. The molecule has 1 aliphatic rings. The molecule has 0 amide bonds. The molecule has 14 heavy (non-hydrogen) atoms. The van der Waals surface area contributed by atoms with Gasteiger partial charge in [0, 0.05) is 11.1 Å². The molecule has 1 saturated carbocycles. The summed E-state index contributed by atoms with van der Waals surface area (Å²) in [7, 11) is 0. The van der Waals surface area contributed by atoms with Crippen LogP contribution < -0.4 is 5.73 Å². The lowest BCUT2D eigenvalue weighted by molar-refractivity contribution is 0.418. The van der Waals surface area contributed by atoms with Gasteiger partial charge < -0.3 is 5.73 Å². The van der Waals surface area contributed by atoms with Gasteiger partial charge in [0.15, 0.2) is 0 Å². The molecular formula is C12H16ClN. The predicted molar refractivity (Wildman–Crippen MR) is 60.5 cm³/mol. The van der Waals surface area contributed by atoms with E-state index in [0.29, 0.717) is 11.5 Å². The van der Waals surface area contributed by atoms with Crippen molar-refractivity contribution in [3.63, 3.8) is 0 Å². The summed E-state index contributed by atoms with van der Waals surface area (Å²) in [5, 5.41) is 0.822. The van der Waals surface area contributed by atoms with Crippen LogP contribution in [0.4, 0.5) is 0 Å². The van der Waals surface area contributed by atoms with Crippen molar-refractivity contribution < 1.29 is 0 Å². The minimum Gasteiger partial charge on any atom is -0.327 e. The molecule has 1 fully saturated rings. The van der Waals surface area contributed by atoms with Crippen molar-refractivity contribution in [3.05, 3.63) is 34.9 Å². The molecule has 1 atom stereocenters. The molecule has 0 heterocycles. The summed E-state index contributed by atoms with van der Waals surface area (Å²) >= 11 is 5.94. The quantitative estimate of drug-likeness (QED) is 0.814. The van der Waals surface area contributed by atoms with Crippen LogP contribution in [-0.2, 0) is 6.42 Å². The Bertz CT molecular complexity index is 329. The smallest absolute Gasteiger partial charge is 0.0408 e. The summed E-state index contributed by atoms with van der Waals surface area (Å²) in [4.78, 5) is 0. The van der Waals surface area contributed by atoms with E-state index in [-0.39, 0.29) is 0 Å². The van der Waals surface area contributed by atoms with Crippen molar-refractivity contribution in [1.29, 1.82) is 0 Å². The van der Waals surface area contributed by atoms with Crippen LogP contribution in [0.15, 0.2) is 24.3 Å². The molecule has 1 unspecified atom stereocenters. The lowest BCUT2D eigenvalue weighted by Gasteiger charge is -2.19. The van der Waals surface area contributed by atoms with E-state index < -0.39 is 0 Å². The van der Waals surface area contributed by atoms with Gasteiger partial charge in [0.2, 0.25) is 0 Å². The Balaban J connectivity index is 2.11. The minimum atomic E-state index is 0.293. The minimum absolute atomic E-state index is 0.293. The second kappa shape index (κ2) is 3.56. The summed E-state index contributed by atoms with van der Waals surface area (Å²) < 4.78 is 0. The van der Waals surface area contributed by atoms with Gasteiger partial charge in [-0.25, -0.2) is 0 Å². The first-order valence-corrected chi connectivity index (χ1v) is 5.50. The Morgan fingerprint density at radius 3 is 2.71 bits per heavy atom. The Morgan fingerprint density at radius 2 is 2.21 bits per heavy atom. The Labute approximate surface area is 90.3 Å². The third-order valence-corrected chi connectivity index (χ3v) is 3.54. The Hall–Kier alpha value is -0.530. The van der Waals surface area contributed by atoms with Gasteiger partial charge in [0.1, 0.15) is 0 Å². The van der Waals surface area contributed by atoms with Gasteiger partial charge in [-0.3, -0.25) is 0 Å². The molecule has 2 heteroatoms. The summed E-state index contributed by atoms with van der Waals surface area (Å²) in [6.07, 6.45) is 3.60. The number of halogens is 1. The van der Waals surface area contributed by atoms with Crippen molar-refractivity contribution in [1.82, 2.24) is 0 Å². The molecule has 2 rings (SSSR count). The second-order valence-electron chi connectivity index (χ2n) is 4.46. The highest BCUT2D eigenvalue weighted by molar-refractivity contribution is 6.30. The maximum atomic E-state index is 5.99. The molecule has 0 radical (unpaired) electrons. The monoisotopic (exact) mass is 209 g/mol. The van der Waals surface area contributed by atoms with Gasteiger partial charge in [-0.05, 0) is 49.3 Å². The largest absolute Gasteiger partial charge is 0.327 e. The van der Waals surface area contributed by atoms with Crippen LogP contribution in [0.1, 0.15) is 25.3 Å². The summed E-state index contributed by atoms with van der Waals surface area (Å²) in [5.74, 6) is 0. The van der Waals surface area contributed by atoms with E-state index in [1.165, 1.54) is 18.4 Å². The molecule has 1 nitrogen and oxygen atoms in total. The van der Waals surface area contributed by atoms with Crippen LogP contribution in [0, 0.1) is 5.41 Å². The number of hydrogen-bond donors (Lipinski definition) is 1. The van der Waals surface area contributed by atoms with Gasteiger partial charge in [0.25, 0.3) is 0 Å². The van der Waals surface area contributed by atoms with Crippen LogP contribution in [-0.4, -0.2) is 6.04 Å². The number of benzene rings is 1. The Morgan fingerprint density at radius 1 is 1.50 bits per heavy atom. The van der Waals surface area contributed by atoms with Crippen molar-refractivity contribution in [3.8, 4) is 0 Å². The molecule has 0 bridgehead atoms. The normalized spacial score (nSPS) is 20.5. The zero-order valence-corrected chi connectivity index (χ0v) is 9.22. The topological polar surface area (TPSA) is 26.0 Å². The summed E-state index contributed by atoms with van der Waals surface area (Å²) in [6.45, 7) is 2.11. The summed E-state index contributed by atoms with van der Waals surface area (Å²) in [5.41, 5.74) is 7.66. The number of hydrogen-bond acceptors (Lipinski definition) is 1. The third kappa shape index (κ3) is 1.94. The molecule has 0 aliphatic heterocycles. The first-order valence-electron chi connectivity index (χ1n) is 5.12. The van der Waals surface area contributed by atoms with Crippen molar-refractivity contribution in [2.75, 3.05) is 0 Å². The van der Waals surface area contributed by atoms with Gasteiger partial charge in [-0.2, -0.15) is 0 Å². The van der Waals surface area contributed by atoms with Crippen LogP contribution in [0.25, 0.3) is 0 Å². The second-order valence-corrected chi connectivity index (χ2v) is 4.89. The molecule has 1 aliphatic carbocycles. The van der Waals surface area contributed by atoms with E-state index in [2.05, 4.69) is 13.0 Å². The Kier molecular flexibility index (Phi) is 2.54. The van der Waals surface area contributed by atoms with E-state index in [9.17, 15) is 0 Å². The van der Waals surface area contributed by atoms with Gasteiger partial charge in [-0.1, -0.05) is 23.7 Å². The summed E-state index contributed by atoms with van der Waals surface area (Å²) in [6, 6.07) is 8.39. The lowest BCUT2D eigenvalue weighted by atomic mass is 9.90. The van der Waals surface area contributed by atoms with Crippen LogP contribution >= 0.6 is 11.6 Å². The standard InChI is InChI=1S/C12H16ClN/c1-9(14)12(5-6-12)8-10-3-2-4-11(13)7-10/h2-4,7,9H,5-6,8,14H2,1H3. The van der Waals surface area contributed by atoms with E-state index >= 15 is 0 Å². The fourth-order valence-corrected chi connectivity index (χ4v) is 2.22. The first kappa shape index (κ1) is 10.0. The van der Waals surface area contributed by atoms with Crippen LogP contribution in [0.5, 0.6) is 0 Å². The van der Waals surface area contributed by atoms with E-state index in [1.54, 1.807) is 0 Å². The fourth-order valence-electron chi connectivity index (χ4n) is 2.01. The van der Waals surface area contributed by atoms with E-state index in [4.69, 9.17) is 17.3 Å². The highest BCUT2D eigenvalue weighted by atomic mass is 35.5. The maximum Gasteiger partial charge on any atom is 0.0408 e. The molecule has 0 spiro atoms. The zero-order valence-electron chi connectivity index (χ0n) is 8.46. The third-order valence-electron chi connectivity index (χ3n) is 3.30. The average Bonchev–Trinajstić information content (AvgIpc) is 2.85. The molecule has 1 aromatic rings. The fraction of sp³-hybridized carbons (Fsp3) is 0.500. The van der Waals surface area contributed by atoms with Crippen molar-refractivity contribution >= 4 is 11.6 Å². The van der Waals surface area contributed by atoms with Crippen molar-refractivity contribution in [2.24, 2.45) is 11.1 Å². The molecule has 0 aromatic heterocycles. The molecule has 76 valence electrons.